The van der Waals surface area contributed by atoms with Gasteiger partial charge in [-0.3, -0.25) is 5.32 Å². The number of nitrogens with one attached hydrogen (secondary N) is 2. The summed E-state index contributed by atoms with van der Waals surface area (Å²) in [5.41, 5.74) is 0.404. The molecule has 1 aromatic heterocycles. The molecule has 2 aliphatic carbocycles. The summed E-state index contributed by atoms with van der Waals surface area (Å²) in [6.45, 7) is 4.02. The van der Waals surface area contributed by atoms with E-state index in [0.717, 1.165) is 6.42 Å². The fraction of sp³-hybridized carbons (Fsp3) is 0.786. The Labute approximate surface area is 119 Å². The van der Waals surface area contributed by atoms with Crippen LogP contribution in [0.5, 0.6) is 0 Å². The van der Waals surface area contributed by atoms with Gasteiger partial charge in [0.2, 0.25) is 5.95 Å². The SMILES string of the molecule is CC(C)n1ncnc1NC(=O)N[C@H]1CC12CCCCC2. The number of carbonyl (C=O) groups excluding carboxylic acids is 1. The average Bonchev–Trinajstić information content (AvgIpc) is 2.87. The van der Waals surface area contributed by atoms with Crippen molar-refractivity contribution < 1.29 is 4.79 Å². The van der Waals surface area contributed by atoms with Crippen LogP contribution in [0.2, 0.25) is 0 Å². The summed E-state index contributed by atoms with van der Waals surface area (Å²) in [5.74, 6) is 0.510. The number of aromatic nitrogens is 3. The van der Waals surface area contributed by atoms with Gasteiger partial charge in [0, 0.05) is 6.04 Å². The minimum atomic E-state index is -0.160. The Morgan fingerprint density at radius 2 is 2.15 bits per heavy atom. The van der Waals surface area contributed by atoms with Gasteiger partial charge in [-0.25, -0.2) is 9.48 Å². The van der Waals surface area contributed by atoms with Gasteiger partial charge in [0.15, 0.2) is 0 Å². The highest BCUT2D eigenvalue weighted by atomic mass is 16.2. The van der Waals surface area contributed by atoms with Crippen LogP contribution < -0.4 is 10.6 Å². The highest BCUT2D eigenvalue weighted by Gasteiger charge is 2.54. The predicted octanol–water partition coefficient (Wildman–Crippen LogP) is 2.70. The molecule has 0 radical (unpaired) electrons. The van der Waals surface area contributed by atoms with Crippen molar-refractivity contribution >= 4 is 12.0 Å². The van der Waals surface area contributed by atoms with Gasteiger partial charge >= 0.3 is 6.03 Å². The van der Waals surface area contributed by atoms with Crippen molar-refractivity contribution in [3.8, 4) is 0 Å². The van der Waals surface area contributed by atoms with Gasteiger partial charge in [0.05, 0.1) is 6.04 Å². The van der Waals surface area contributed by atoms with Gasteiger partial charge in [-0.2, -0.15) is 10.1 Å². The van der Waals surface area contributed by atoms with Crippen molar-refractivity contribution in [3.63, 3.8) is 0 Å². The van der Waals surface area contributed by atoms with Crippen molar-refractivity contribution in [3.05, 3.63) is 6.33 Å². The van der Waals surface area contributed by atoms with E-state index in [0.29, 0.717) is 17.4 Å². The minimum absolute atomic E-state index is 0.160. The summed E-state index contributed by atoms with van der Waals surface area (Å²) in [7, 11) is 0. The van der Waals surface area contributed by atoms with Gasteiger partial charge in [-0.1, -0.05) is 19.3 Å². The molecule has 20 heavy (non-hydrogen) atoms. The molecule has 110 valence electrons. The van der Waals surface area contributed by atoms with Gasteiger partial charge in [0.25, 0.3) is 0 Å². The highest BCUT2D eigenvalue weighted by molar-refractivity contribution is 5.88. The quantitative estimate of drug-likeness (QED) is 0.892. The van der Waals surface area contributed by atoms with E-state index in [1.165, 1.54) is 38.4 Å². The van der Waals surface area contributed by atoms with Crippen LogP contribution in [-0.4, -0.2) is 26.8 Å². The first kappa shape index (κ1) is 13.4. The fourth-order valence-corrected chi connectivity index (χ4v) is 3.37. The summed E-state index contributed by atoms with van der Waals surface area (Å²) < 4.78 is 1.71. The number of hydrogen-bond donors (Lipinski definition) is 2. The first-order valence-corrected chi connectivity index (χ1v) is 7.58. The lowest BCUT2D eigenvalue weighted by molar-refractivity contribution is 0.246. The molecular weight excluding hydrogens is 254 g/mol. The Hall–Kier alpha value is -1.59. The molecule has 2 saturated carbocycles. The smallest absolute Gasteiger partial charge is 0.321 e. The molecule has 0 aromatic carbocycles. The topological polar surface area (TPSA) is 71.8 Å². The van der Waals surface area contributed by atoms with Crippen LogP contribution in [0.3, 0.4) is 0 Å². The number of anilines is 1. The number of rotatable bonds is 3. The number of urea groups is 1. The molecule has 1 aromatic rings. The molecule has 1 spiro atoms. The minimum Gasteiger partial charge on any atom is -0.334 e. The zero-order valence-corrected chi connectivity index (χ0v) is 12.2. The second-order valence-corrected chi connectivity index (χ2v) is 6.40. The summed E-state index contributed by atoms with van der Waals surface area (Å²) in [5, 5.41) is 10.0. The van der Waals surface area contributed by atoms with Gasteiger partial charge in [-0.15, -0.1) is 0 Å². The molecule has 2 amide bonds. The predicted molar refractivity (Wildman–Crippen MR) is 76.5 cm³/mol. The third-order valence-corrected chi connectivity index (χ3v) is 4.63. The molecule has 3 rings (SSSR count). The Morgan fingerprint density at radius 1 is 1.40 bits per heavy atom. The van der Waals surface area contributed by atoms with Gasteiger partial charge < -0.3 is 5.32 Å². The van der Waals surface area contributed by atoms with Gasteiger partial charge in [0.1, 0.15) is 6.33 Å². The summed E-state index contributed by atoms with van der Waals surface area (Å²) in [4.78, 5) is 16.1. The molecule has 1 atom stereocenters. The molecule has 6 heteroatoms. The Morgan fingerprint density at radius 3 is 2.85 bits per heavy atom. The zero-order valence-electron chi connectivity index (χ0n) is 12.2. The maximum atomic E-state index is 12.1. The van der Waals surface area contributed by atoms with Crippen molar-refractivity contribution in [1.29, 1.82) is 0 Å². The third-order valence-electron chi connectivity index (χ3n) is 4.63. The van der Waals surface area contributed by atoms with Crippen molar-refractivity contribution in [1.82, 2.24) is 20.1 Å². The second-order valence-electron chi connectivity index (χ2n) is 6.40. The van der Waals surface area contributed by atoms with Crippen LogP contribution in [0.1, 0.15) is 58.4 Å². The number of hydrogen-bond acceptors (Lipinski definition) is 3. The molecule has 2 fully saturated rings. The van der Waals surface area contributed by atoms with E-state index in [-0.39, 0.29) is 12.1 Å². The standard InChI is InChI=1S/C14H23N5O/c1-10(2)19-12(15-9-16-19)18-13(20)17-11-8-14(11)6-4-3-5-7-14/h9-11H,3-8H2,1-2H3,(H2,15,16,17,18,20)/t11-/m0/s1. The molecule has 1 heterocycles. The first-order chi connectivity index (χ1) is 9.61. The van der Waals surface area contributed by atoms with Crippen LogP contribution in [0.15, 0.2) is 6.33 Å². The molecule has 0 aliphatic heterocycles. The first-order valence-electron chi connectivity index (χ1n) is 7.58. The largest absolute Gasteiger partial charge is 0.334 e. The zero-order chi connectivity index (χ0) is 14.2. The number of amides is 2. The lowest BCUT2D eigenvalue weighted by atomic mass is 9.86. The van der Waals surface area contributed by atoms with E-state index in [9.17, 15) is 4.79 Å². The molecule has 0 unspecified atom stereocenters. The molecule has 2 aliphatic rings. The van der Waals surface area contributed by atoms with E-state index in [1.54, 1.807) is 4.68 Å². The van der Waals surface area contributed by atoms with Crippen molar-refractivity contribution in [2.45, 2.75) is 64.5 Å². The molecular formula is C14H23N5O. The second kappa shape index (κ2) is 5.07. The van der Waals surface area contributed by atoms with E-state index >= 15 is 0 Å². The van der Waals surface area contributed by atoms with E-state index in [4.69, 9.17) is 0 Å². The number of nitrogens with zero attached hydrogens (tertiary/aromatic N) is 3. The van der Waals surface area contributed by atoms with E-state index in [1.807, 2.05) is 13.8 Å². The Kier molecular flexibility index (Phi) is 3.40. The van der Waals surface area contributed by atoms with Gasteiger partial charge in [-0.05, 0) is 38.5 Å². The van der Waals surface area contributed by atoms with Crippen LogP contribution in [0.4, 0.5) is 10.7 Å². The van der Waals surface area contributed by atoms with E-state index < -0.39 is 0 Å². The normalized spacial score (nSPS) is 23.9. The third kappa shape index (κ3) is 2.51. The van der Waals surface area contributed by atoms with Crippen LogP contribution in [0.25, 0.3) is 0 Å². The highest BCUT2D eigenvalue weighted by Crippen LogP contribution is 2.56. The molecule has 6 nitrogen and oxygen atoms in total. The summed E-state index contributed by atoms with van der Waals surface area (Å²) in [6, 6.07) is 0.365. The van der Waals surface area contributed by atoms with Crippen LogP contribution >= 0.6 is 0 Å². The Bertz CT molecular complexity index is 490. The van der Waals surface area contributed by atoms with E-state index in [2.05, 4.69) is 20.7 Å². The van der Waals surface area contributed by atoms with Crippen molar-refractivity contribution in [2.24, 2.45) is 5.41 Å². The Balaban J connectivity index is 1.54. The number of carbonyl (C=O) groups is 1. The van der Waals surface area contributed by atoms with Crippen molar-refractivity contribution in [2.75, 3.05) is 5.32 Å². The maximum Gasteiger partial charge on any atom is 0.321 e. The lowest BCUT2D eigenvalue weighted by Crippen LogP contribution is -2.35. The average molecular weight is 277 g/mol. The maximum absolute atomic E-state index is 12.1. The summed E-state index contributed by atoms with van der Waals surface area (Å²) in [6.07, 6.45) is 9.09. The lowest BCUT2D eigenvalue weighted by Gasteiger charge is -2.22. The summed E-state index contributed by atoms with van der Waals surface area (Å²) >= 11 is 0. The monoisotopic (exact) mass is 277 g/mol. The molecule has 0 bridgehead atoms. The fourth-order valence-electron chi connectivity index (χ4n) is 3.37. The van der Waals surface area contributed by atoms with Crippen LogP contribution in [-0.2, 0) is 0 Å². The van der Waals surface area contributed by atoms with Crippen LogP contribution in [0, 0.1) is 5.41 Å². The molecule has 2 N–H and O–H groups in total. The molecule has 0 saturated heterocycles.